The highest BCUT2D eigenvalue weighted by Crippen LogP contribution is 2.17. The SMILES string of the molecule is C#CC1CS(=O)OC1C. The van der Waals surface area contributed by atoms with Crippen LogP contribution < -0.4 is 0 Å². The molecule has 3 heteroatoms. The largest absolute Gasteiger partial charge is 0.286 e. The molecule has 50 valence electrons. The summed E-state index contributed by atoms with van der Waals surface area (Å²) >= 11 is -1.13. The van der Waals surface area contributed by atoms with Gasteiger partial charge in [0.1, 0.15) is 0 Å². The molecule has 1 heterocycles. The molecule has 1 aliphatic heterocycles. The van der Waals surface area contributed by atoms with Crippen molar-refractivity contribution in [3.05, 3.63) is 0 Å². The molecule has 1 rings (SSSR count). The Morgan fingerprint density at radius 2 is 2.56 bits per heavy atom. The third-order valence-electron chi connectivity index (χ3n) is 1.36. The van der Waals surface area contributed by atoms with E-state index in [-0.39, 0.29) is 12.0 Å². The van der Waals surface area contributed by atoms with E-state index < -0.39 is 11.1 Å². The van der Waals surface area contributed by atoms with E-state index in [0.717, 1.165) is 0 Å². The van der Waals surface area contributed by atoms with Gasteiger partial charge in [-0.2, -0.15) is 0 Å². The van der Waals surface area contributed by atoms with Crippen LogP contribution in [0.25, 0.3) is 0 Å². The standard InChI is InChI=1S/C6H8O2S/c1-3-6-4-9(7)8-5(6)2/h1,5-6H,4H2,2H3. The highest BCUT2D eigenvalue weighted by atomic mass is 32.2. The first kappa shape index (κ1) is 6.79. The minimum Gasteiger partial charge on any atom is -0.286 e. The van der Waals surface area contributed by atoms with Crippen molar-refractivity contribution in [1.82, 2.24) is 0 Å². The minimum atomic E-state index is -1.13. The molecule has 0 bridgehead atoms. The Kier molecular flexibility index (Phi) is 1.89. The molecule has 9 heavy (non-hydrogen) atoms. The van der Waals surface area contributed by atoms with Crippen LogP contribution in [0.1, 0.15) is 6.92 Å². The van der Waals surface area contributed by atoms with Gasteiger partial charge in [-0.25, -0.2) is 4.21 Å². The van der Waals surface area contributed by atoms with E-state index in [1.54, 1.807) is 0 Å². The van der Waals surface area contributed by atoms with Crippen molar-refractivity contribution in [3.8, 4) is 12.3 Å². The number of hydrogen-bond acceptors (Lipinski definition) is 2. The van der Waals surface area contributed by atoms with Gasteiger partial charge < -0.3 is 0 Å². The van der Waals surface area contributed by atoms with Gasteiger partial charge in [0, 0.05) is 0 Å². The lowest BCUT2D eigenvalue weighted by Crippen LogP contribution is -2.09. The lowest BCUT2D eigenvalue weighted by Gasteiger charge is -2.01. The monoisotopic (exact) mass is 144 g/mol. The van der Waals surface area contributed by atoms with Gasteiger partial charge >= 0.3 is 0 Å². The maximum atomic E-state index is 10.6. The average molecular weight is 144 g/mol. The zero-order valence-corrected chi connectivity index (χ0v) is 5.98. The summed E-state index contributed by atoms with van der Waals surface area (Å²) in [6.07, 6.45) is 5.09. The van der Waals surface area contributed by atoms with E-state index >= 15 is 0 Å². The van der Waals surface area contributed by atoms with E-state index in [2.05, 4.69) is 5.92 Å². The Balaban J connectivity index is 2.60. The maximum absolute atomic E-state index is 10.6. The Hall–Kier alpha value is -0.330. The molecular weight excluding hydrogens is 136 g/mol. The van der Waals surface area contributed by atoms with E-state index in [1.807, 2.05) is 6.92 Å². The highest BCUT2D eigenvalue weighted by molar-refractivity contribution is 7.80. The summed E-state index contributed by atoms with van der Waals surface area (Å²) < 4.78 is 15.5. The summed E-state index contributed by atoms with van der Waals surface area (Å²) in [5, 5.41) is 0. The first-order valence-electron chi connectivity index (χ1n) is 2.75. The molecule has 1 aliphatic rings. The Bertz CT molecular complexity index is 170. The molecule has 0 saturated carbocycles. The molecule has 0 spiro atoms. The number of terminal acetylenes is 1. The van der Waals surface area contributed by atoms with Crippen molar-refractivity contribution < 1.29 is 8.39 Å². The molecule has 0 amide bonds. The average Bonchev–Trinajstić information content (AvgIpc) is 2.10. The topological polar surface area (TPSA) is 26.3 Å². The van der Waals surface area contributed by atoms with E-state index in [4.69, 9.17) is 10.6 Å². The van der Waals surface area contributed by atoms with Gasteiger partial charge in [-0.15, -0.1) is 6.42 Å². The van der Waals surface area contributed by atoms with Crippen LogP contribution in [0.15, 0.2) is 0 Å². The summed E-state index contributed by atoms with van der Waals surface area (Å²) in [5.41, 5.74) is 0. The molecule has 0 aromatic rings. The lowest BCUT2D eigenvalue weighted by atomic mass is 10.1. The summed E-state index contributed by atoms with van der Waals surface area (Å²) in [5.74, 6) is 3.07. The molecule has 1 fully saturated rings. The quantitative estimate of drug-likeness (QED) is 0.458. The van der Waals surface area contributed by atoms with Gasteiger partial charge in [0.25, 0.3) is 0 Å². The van der Waals surface area contributed by atoms with Crippen LogP contribution in [0.2, 0.25) is 0 Å². The second-order valence-electron chi connectivity index (χ2n) is 2.04. The molecule has 3 atom stereocenters. The van der Waals surface area contributed by atoms with E-state index in [9.17, 15) is 4.21 Å². The van der Waals surface area contributed by atoms with Gasteiger partial charge in [-0.3, -0.25) is 4.18 Å². The van der Waals surface area contributed by atoms with Crippen LogP contribution in [0, 0.1) is 18.3 Å². The van der Waals surface area contributed by atoms with Crippen molar-refractivity contribution in [2.24, 2.45) is 5.92 Å². The van der Waals surface area contributed by atoms with Crippen LogP contribution in [-0.2, 0) is 15.3 Å². The number of rotatable bonds is 0. The summed E-state index contributed by atoms with van der Waals surface area (Å²) in [4.78, 5) is 0. The maximum Gasteiger partial charge on any atom is 0.157 e. The van der Waals surface area contributed by atoms with Crippen molar-refractivity contribution in [2.75, 3.05) is 5.75 Å². The summed E-state index contributed by atoms with van der Waals surface area (Å²) in [6, 6.07) is 0. The predicted octanol–water partition coefficient (Wildman–Crippen LogP) is 0.318. The molecule has 0 radical (unpaired) electrons. The Labute approximate surface area is 57.3 Å². The third kappa shape index (κ3) is 1.32. The van der Waals surface area contributed by atoms with Crippen molar-refractivity contribution in [3.63, 3.8) is 0 Å². The van der Waals surface area contributed by atoms with Gasteiger partial charge in [0.15, 0.2) is 11.1 Å². The van der Waals surface area contributed by atoms with Crippen LogP contribution in [-0.4, -0.2) is 16.1 Å². The highest BCUT2D eigenvalue weighted by Gasteiger charge is 2.28. The minimum absolute atomic E-state index is 0.0316. The normalized spacial score (nSPS) is 42.4. The van der Waals surface area contributed by atoms with Crippen molar-refractivity contribution >= 4 is 11.1 Å². The smallest absolute Gasteiger partial charge is 0.157 e. The number of hydrogen-bond donors (Lipinski definition) is 0. The Morgan fingerprint density at radius 3 is 2.78 bits per heavy atom. The van der Waals surface area contributed by atoms with Gasteiger partial charge in [-0.05, 0) is 6.92 Å². The fourth-order valence-electron chi connectivity index (χ4n) is 0.741. The predicted molar refractivity (Wildman–Crippen MR) is 35.9 cm³/mol. The first-order valence-corrected chi connectivity index (χ1v) is 4.00. The van der Waals surface area contributed by atoms with Crippen molar-refractivity contribution in [2.45, 2.75) is 13.0 Å². The fourth-order valence-corrected chi connectivity index (χ4v) is 1.95. The van der Waals surface area contributed by atoms with Gasteiger partial charge in [-0.1, -0.05) is 5.92 Å². The van der Waals surface area contributed by atoms with Gasteiger partial charge in [0.05, 0.1) is 17.8 Å². The van der Waals surface area contributed by atoms with Gasteiger partial charge in [0.2, 0.25) is 0 Å². The van der Waals surface area contributed by atoms with Crippen LogP contribution >= 0.6 is 0 Å². The van der Waals surface area contributed by atoms with Crippen LogP contribution in [0.4, 0.5) is 0 Å². The molecule has 3 unspecified atom stereocenters. The second kappa shape index (κ2) is 2.51. The van der Waals surface area contributed by atoms with Crippen molar-refractivity contribution in [1.29, 1.82) is 0 Å². The zero-order valence-electron chi connectivity index (χ0n) is 5.16. The molecule has 0 N–H and O–H groups in total. The molecule has 1 saturated heterocycles. The van der Waals surface area contributed by atoms with E-state index in [0.29, 0.717) is 5.75 Å². The van der Waals surface area contributed by atoms with Crippen LogP contribution in [0.5, 0.6) is 0 Å². The summed E-state index contributed by atoms with van der Waals surface area (Å²) in [6.45, 7) is 1.84. The first-order chi connectivity index (χ1) is 4.24. The van der Waals surface area contributed by atoms with Crippen LogP contribution in [0.3, 0.4) is 0 Å². The molecule has 2 nitrogen and oxygen atoms in total. The zero-order chi connectivity index (χ0) is 6.85. The molecule has 0 aromatic carbocycles. The summed E-state index contributed by atoms with van der Waals surface area (Å²) in [7, 11) is 0. The second-order valence-corrected chi connectivity index (χ2v) is 3.18. The fraction of sp³-hybridized carbons (Fsp3) is 0.667. The third-order valence-corrected chi connectivity index (χ3v) is 2.50. The molecule has 0 aliphatic carbocycles. The Morgan fingerprint density at radius 1 is 1.89 bits per heavy atom. The lowest BCUT2D eigenvalue weighted by molar-refractivity contribution is 0.246. The molecular formula is C6H8O2S. The molecule has 0 aromatic heterocycles. The van der Waals surface area contributed by atoms with E-state index in [1.165, 1.54) is 0 Å².